The van der Waals surface area contributed by atoms with Gasteiger partial charge in [-0.15, -0.1) is 0 Å². The van der Waals surface area contributed by atoms with Crippen LogP contribution in [0.4, 0.5) is 13.2 Å². The van der Waals surface area contributed by atoms with E-state index in [1.807, 2.05) is 54.6 Å². The summed E-state index contributed by atoms with van der Waals surface area (Å²) in [6, 6.07) is 21.9. The number of nitrogens with one attached hydrogen (secondary N) is 2. The van der Waals surface area contributed by atoms with Crippen molar-refractivity contribution in [2.75, 3.05) is 0 Å². The maximum Gasteiger partial charge on any atom is 0.417 e. The Morgan fingerprint density at radius 1 is 0.900 bits per heavy atom. The summed E-state index contributed by atoms with van der Waals surface area (Å²) in [5, 5.41) is 4.61. The van der Waals surface area contributed by atoms with Crippen molar-refractivity contribution in [1.82, 2.24) is 10.4 Å². The predicted molar refractivity (Wildman–Crippen MR) is 110 cm³/mol. The van der Waals surface area contributed by atoms with Crippen LogP contribution >= 0.6 is 0 Å². The standard InChI is InChI=1S/C23H16F3N3O/c24-23(25,26)18-12-6-4-10-16(18)14-27-29-22(30)21-20(15-8-2-1-3-9-15)17-11-5-7-13-19(17)28-21/h1-14,28H,(H,29,30). The molecule has 0 bridgehead atoms. The van der Waals surface area contributed by atoms with Gasteiger partial charge < -0.3 is 4.98 Å². The molecule has 4 nitrogen and oxygen atoms in total. The highest BCUT2D eigenvalue weighted by molar-refractivity contribution is 6.09. The Morgan fingerprint density at radius 2 is 1.57 bits per heavy atom. The molecule has 0 saturated heterocycles. The van der Waals surface area contributed by atoms with Crippen molar-refractivity contribution in [3.05, 3.63) is 95.7 Å². The predicted octanol–water partition coefficient (Wildman–Crippen LogP) is 5.62. The molecule has 2 N–H and O–H groups in total. The molecule has 0 fully saturated rings. The van der Waals surface area contributed by atoms with Crippen LogP contribution in [0.2, 0.25) is 0 Å². The minimum absolute atomic E-state index is 0.134. The summed E-state index contributed by atoms with van der Waals surface area (Å²) in [5.41, 5.74) is 3.97. The fourth-order valence-corrected chi connectivity index (χ4v) is 3.30. The molecule has 0 aliphatic carbocycles. The van der Waals surface area contributed by atoms with Crippen LogP contribution in [0.25, 0.3) is 22.0 Å². The first-order chi connectivity index (χ1) is 14.4. The third-order valence-corrected chi connectivity index (χ3v) is 4.63. The molecule has 0 spiro atoms. The number of benzene rings is 3. The highest BCUT2D eigenvalue weighted by Crippen LogP contribution is 2.33. The van der Waals surface area contributed by atoms with Crippen molar-refractivity contribution >= 4 is 23.0 Å². The van der Waals surface area contributed by atoms with E-state index in [2.05, 4.69) is 15.5 Å². The summed E-state index contributed by atoms with van der Waals surface area (Å²) in [4.78, 5) is 15.9. The summed E-state index contributed by atoms with van der Waals surface area (Å²) in [6.07, 6.45) is -3.52. The third-order valence-electron chi connectivity index (χ3n) is 4.63. The van der Waals surface area contributed by atoms with Gasteiger partial charge in [0.2, 0.25) is 0 Å². The Hall–Kier alpha value is -3.87. The number of H-pyrrole nitrogens is 1. The van der Waals surface area contributed by atoms with Gasteiger partial charge in [0, 0.05) is 22.0 Å². The van der Waals surface area contributed by atoms with Gasteiger partial charge in [0.05, 0.1) is 11.8 Å². The number of halogens is 3. The van der Waals surface area contributed by atoms with Crippen LogP contribution in [-0.4, -0.2) is 17.1 Å². The molecule has 1 aromatic heterocycles. The quantitative estimate of drug-likeness (QED) is 0.335. The van der Waals surface area contributed by atoms with E-state index < -0.39 is 17.6 Å². The van der Waals surface area contributed by atoms with Gasteiger partial charge in [-0.25, -0.2) is 5.43 Å². The maximum atomic E-state index is 13.1. The SMILES string of the molecule is O=C(NN=Cc1ccccc1C(F)(F)F)c1[nH]c2ccccc2c1-c1ccccc1. The Morgan fingerprint density at radius 3 is 2.33 bits per heavy atom. The number of amides is 1. The van der Waals surface area contributed by atoms with E-state index in [9.17, 15) is 18.0 Å². The van der Waals surface area contributed by atoms with E-state index in [-0.39, 0.29) is 11.3 Å². The number of alkyl halides is 3. The number of hydrogen-bond donors (Lipinski definition) is 2. The number of nitrogens with zero attached hydrogens (tertiary/aromatic N) is 1. The van der Waals surface area contributed by atoms with E-state index in [1.165, 1.54) is 18.2 Å². The summed E-state index contributed by atoms with van der Waals surface area (Å²) in [7, 11) is 0. The monoisotopic (exact) mass is 407 g/mol. The molecule has 0 saturated carbocycles. The van der Waals surface area contributed by atoms with Crippen LogP contribution in [0.15, 0.2) is 84.0 Å². The van der Waals surface area contributed by atoms with Gasteiger partial charge in [0.25, 0.3) is 5.91 Å². The number of aromatic amines is 1. The topological polar surface area (TPSA) is 57.2 Å². The first kappa shape index (κ1) is 19.4. The molecule has 0 radical (unpaired) electrons. The number of fused-ring (bicyclic) bond motifs is 1. The molecule has 1 heterocycles. The number of carbonyl (C=O) groups is 1. The largest absolute Gasteiger partial charge is 0.417 e. The van der Waals surface area contributed by atoms with Crippen molar-refractivity contribution in [2.45, 2.75) is 6.18 Å². The van der Waals surface area contributed by atoms with E-state index in [4.69, 9.17) is 0 Å². The van der Waals surface area contributed by atoms with E-state index in [0.29, 0.717) is 5.56 Å². The number of para-hydroxylation sites is 1. The van der Waals surface area contributed by atoms with E-state index in [0.717, 1.165) is 28.7 Å². The normalized spacial score (nSPS) is 11.8. The lowest BCUT2D eigenvalue weighted by atomic mass is 10.0. The smallest absolute Gasteiger partial charge is 0.350 e. The maximum absolute atomic E-state index is 13.1. The van der Waals surface area contributed by atoms with E-state index >= 15 is 0 Å². The van der Waals surface area contributed by atoms with Gasteiger partial charge in [-0.3, -0.25) is 4.79 Å². The van der Waals surface area contributed by atoms with Crippen molar-refractivity contribution in [1.29, 1.82) is 0 Å². The molecule has 7 heteroatoms. The highest BCUT2D eigenvalue weighted by Gasteiger charge is 2.32. The Bertz CT molecular complexity index is 1230. The van der Waals surface area contributed by atoms with Crippen LogP contribution in [0.5, 0.6) is 0 Å². The second kappa shape index (κ2) is 7.87. The van der Waals surface area contributed by atoms with Crippen LogP contribution in [-0.2, 0) is 6.18 Å². The fraction of sp³-hybridized carbons (Fsp3) is 0.0435. The number of carbonyl (C=O) groups excluding carboxylic acids is 1. The first-order valence-corrected chi connectivity index (χ1v) is 9.11. The molecular weight excluding hydrogens is 391 g/mol. The second-order valence-electron chi connectivity index (χ2n) is 6.57. The lowest BCUT2D eigenvalue weighted by molar-refractivity contribution is -0.137. The molecule has 0 aliphatic rings. The molecule has 0 unspecified atom stereocenters. The summed E-state index contributed by atoms with van der Waals surface area (Å²) in [5.74, 6) is -0.550. The van der Waals surface area contributed by atoms with Gasteiger partial charge in [-0.1, -0.05) is 66.7 Å². The second-order valence-corrected chi connectivity index (χ2v) is 6.57. The lowest BCUT2D eigenvalue weighted by Crippen LogP contribution is -2.19. The molecule has 4 aromatic rings. The van der Waals surface area contributed by atoms with Crippen LogP contribution in [0.3, 0.4) is 0 Å². The summed E-state index contributed by atoms with van der Waals surface area (Å²) >= 11 is 0. The van der Waals surface area contributed by atoms with Crippen molar-refractivity contribution in [3.8, 4) is 11.1 Å². The number of hydrazone groups is 1. The molecule has 0 atom stereocenters. The lowest BCUT2D eigenvalue weighted by Gasteiger charge is -2.09. The molecule has 4 rings (SSSR count). The van der Waals surface area contributed by atoms with Gasteiger partial charge >= 0.3 is 6.18 Å². The zero-order valence-electron chi connectivity index (χ0n) is 15.6. The van der Waals surface area contributed by atoms with Gasteiger partial charge in [0.1, 0.15) is 5.69 Å². The van der Waals surface area contributed by atoms with Gasteiger partial charge in [-0.05, 0) is 17.7 Å². The average molecular weight is 407 g/mol. The fourth-order valence-electron chi connectivity index (χ4n) is 3.30. The highest BCUT2D eigenvalue weighted by atomic mass is 19.4. The summed E-state index contributed by atoms with van der Waals surface area (Å²) < 4.78 is 39.3. The molecule has 1 amide bonds. The van der Waals surface area contributed by atoms with E-state index in [1.54, 1.807) is 0 Å². The van der Waals surface area contributed by atoms with Crippen molar-refractivity contribution in [3.63, 3.8) is 0 Å². The number of hydrogen-bond acceptors (Lipinski definition) is 2. The molecule has 30 heavy (non-hydrogen) atoms. The Balaban J connectivity index is 1.66. The zero-order valence-corrected chi connectivity index (χ0v) is 15.6. The molecule has 150 valence electrons. The average Bonchev–Trinajstić information content (AvgIpc) is 3.14. The van der Waals surface area contributed by atoms with Crippen LogP contribution in [0, 0.1) is 0 Å². The minimum Gasteiger partial charge on any atom is -0.350 e. The van der Waals surface area contributed by atoms with Gasteiger partial charge in [-0.2, -0.15) is 18.3 Å². The number of aromatic nitrogens is 1. The van der Waals surface area contributed by atoms with Gasteiger partial charge in [0.15, 0.2) is 0 Å². The first-order valence-electron chi connectivity index (χ1n) is 9.11. The minimum atomic E-state index is -4.51. The third kappa shape index (κ3) is 3.82. The summed E-state index contributed by atoms with van der Waals surface area (Å²) in [6.45, 7) is 0. The van der Waals surface area contributed by atoms with Crippen molar-refractivity contribution < 1.29 is 18.0 Å². The molecule has 0 aliphatic heterocycles. The van der Waals surface area contributed by atoms with Crippen LogP contribution < -0.4 is 5.43 Å². The molecular formula is C23H16F3N3O. The number of rotatable bonds is 4. The van der Waals surface area contributed by atoms with Crippen LogP contribution in [0.1, 0.15) is 21.6 Å². The Kier molecular flexibility index (Phi) is 5.10. The zero-order chi connectivity index (χ0) is 21.1. The Labute approximate surface area is 170 Å². The molecule has 3 aromatic carbocycles. The van der Waals surface area contributed by atoms with Crippen molar-refractivity contribution in [2.24, 2.45) is 5.10 Å².